The fourth-order valence-corrected chi connectivity index (χ4v) is 3.92. The van der Waals surface area contributed by atoms with Crippen LogP contribution in [0.25, 0.3) is 0 Å². The Balaban J connectivity index is 2.18. The highest BCUT2D eigenvalue weighted by atomic mass is 32.2. The fourth-order valence-electron chi connectivity index (χ4n) is 2.46. The molecule has 0 aliphatic carbocycles. The lowest BCUT2D eigenvalue weighted by Gasteiger charge is -2.22. The van der Waals surface area contributed by atoms with Gasteiger partial charge in [0.25, 0.3) is 0 Å². The molecule has 24 heavy (non-hydrogen) atoms. The third-order valence-electron chi connectivity index (χ3n) is 3.86. The Kier molecular flexibility index (Phi) is 6.36. The molecule has 2 aromatic rings. The maximum absolute atomic E-state index is 12.9. The molecule has 0 spiro atoms. The van der Waals surface area contributed by atoms with Gasteiger partial charge in [0.2, 0.25) is 10.0 Å². The molecule has 0 fully saturated rings. The van der Waals surface area contributed by atoms with E-state index in [4.69, 9.17) is 5.73 Å². The lowest BCUT2D eigenvalue weighted by molar-refractivity contribution is 0.421. The van der Waals surface area contributed by atoms with Gasteiger partial charge in [0.1, 0.15) is 0 Å². The molecule has 6 heteroatoms. The molecule has 0 saturated carbocycles. The van der Waals surface area contributed by atoms with Gasteiger partial charge in [0, 0.05) is 39.4 Å². The van der Waals surface area contributed by atoms with E-state index < -0.39 is 10.0 Å². The van der Waals surface area contributed by atoms with Gasteiger partial charge in [-0.2, -0.15) is 4.31 Å². The first kappa shape index (κ1) is 18.4. The van der Waals surface area contributed by atoms with E-state index in [1.807, 2.05) is 61.5 Å². The number of nitrogens with zero attached hydrogens (tertiary/aromatic N) is 2. The lowest BCUT2D eigenvalue weighted by Crippen LogP contribution is -2.36. The lowest BCUT2D eigenvalue weighted by atomic mass is 10.1. The molecule has 0 aromatic heterocycles. The maximum Gasteiger partial charge on any atom is 0.243 e. The van der Waals surface area contributed by atoms with E-state index in [0.717, 1.165) is 11.3 Å². The number of nitrogens with two attached hydrogens (primary N) is 1. The summed E-state index contributed by atoms with van der Waals surface area (Å²) in [5.74, 6) is 0. The molecule has 0 aliphatic heterocycles. The first-order valence-electron chi connectivity index (χ1n) is 7.96. The fraction of sp³-hybridized carbons (Fsp3) is 0.333. The summed E-state index contributed by atoms with van der Waals surface area (Å²) < 4.78 is 27.2. The van der Waals surface area contributed by atoms with Crippen LogP contribution in [0, 0.1) is 0 Å². The Hall–Kier alpha value is -1.89. The molecule has 0 heterocycles. The molecule has 2 rings (SSSR count). The number of benzene rings is 2. The van der Waals surface area contributed by atoms with Crippen molar-refractivity contribution in [3.05, 3.63) is 60.2 Å². The highest BCUT2D eigenvalue weighted by molar-refractivity contribution is 7.89. The van der Waals surface area contributed by atoms with Crippen LogP contribution >= 0.6 is 0 Å². The van der Waals surface area contributed by atoms with E-state index in [0.29, 0.717) is 31.0 Å². The Labute approximate surface area is 144 Å². The Morgan fingerprint density at radius 2 is 1.54 bits per heavy atom. The largest absolute Gasteiger partial charge is 0.378 e. The van der Waals surface area contributed by atoms with Crippen molar-refractivity contribution in [2.75, 3.05) is 38.6 Å². The van der Waals surface area contributed by atoms with Gasteiger partial charge in [-0.3, -0.25) is 0 Å². The second-order valence-electron chi connectivity index (χ2n) is 5.82. The van der Waals surface area contributed by atoms with Crippen molar-refractivity contribution in [2.24, 2.45) is 5.73 Å². The van der Waals surface area contributed by atoms with Gasteiger partial charge in [-0.15, -0.1) is 0 Å². The number of rotatable bonds is 8. The van der Waals surface area contributed by atoms with Crippen molar-refractivity contribution < 1.29 is 8.42 Å². The Bertz CT molecular complexity index is 729. The van der Waals surface area contributed by atoms with Crippen LogP contribution in [-0.4, -0.2) is 46.5 Å². The average molecular weight is 347 g/mol. The van der Waals surface area contributed by atoms with Crippen LogP contribution in [0.4, 0.5) is 5.69 Å². The molecule has 0 unspecified atom stereocenters. The van der Waals surface area contributed by atoms with E-state index in [9.17, 15) is 8.42 Å². The average Bonchev–Trinajstić information content (AvgIpc) is 2.59. The first-order chi connectivity index (χ1) is 11.4. The van der Waals surface area contributed by atoms with Gasteiger partial charge in [0.15, 0.2) is 0 Å². The van der Waals surface area contributed by atoms with Gasteiger partial charge in [-0.1, -0.05) is 30.3 Å². The third kappa shape index (κ3) is 4.56. The van der Waals surface area contributed by atoms with Crippen LogP contribution in [0.2, 0.25) is 0 Å². The minimum Gasteiger partial charge on any atom is -0.378 e. The molecule has 0 amide bonds. The number of sulfonamides is 1. The van der Waals surface area contributed by atoms with Gasteiger partial charge >= 0.3 is 0 Å². The maximum atomic E-state index is 12.9. The number of hydrogen-bond donors (Lipinski definition) is 1. The quantitative estimate of drug-likeness (QED) is 0.792. The van der Waals surface area contributed by atoms with Crippen LogP contribution in [0.3, 0.4) is 0 Å². The van der Waals surface area contributed by atoms with E-state index in [1.165, 1.54) is 4.31 Å². The normalized spacial score (nSPS) is 11.7. The highest BCUT2D eigenvalue weighted by Crippen LogP contribution is 2.20. The summed E-state index contributed by atoms with van der Waals surface area (Å²) in [4.78, 5) is 2.23. The van der Waals surface area contributed by atoms with Crippen LogP contribution < -0.4 is 10.6 Å². The third-order valence-corrected chi connectivity index (χ3v) is 5.77. The smallest absolute Gasteiger partial charge is 0.243 e. The van der Waals surface area contributed by atoms with E-state index in [-0.39, 0.29) is 0 Å². The molecule has 0 bridgehead atoms. The van der Waals surface area contributed by atoms with Crippen LogP contribution in [-0.2, 0) is 16.4 Å². The molecule has 2 aromatic carbocycles. The van der Waals surface area contributed by atoms with E-state index in [1.54, 1.807) is 12.1 Å². The zero-order chi connectivity index (χ0) is 17.6. The van der Waals surface area contributed by atoms with E-state index in [2.05, 4.69) is 0 Å². The van der Waals surface area contributed by atoms with Gasteiger partial charge < -0.3 is 10.6 Å². The second kappa shape index (κ2) is 8.28. The van der Waals surface area contributed by atoms with Crippen molar-refractivity contribution in [3.63, 3.8) is 0 Å². The Morgan fingerprint density at radius 1 is 0.917 bits per heavy atom. The minimum atomic E-state index is -3.54. The highest BCUT2D eigenvalue weighted by Gasteiger charge is 2.23. The van der Waals surface area contributed by atoms with Gasteiger partial charge in [-0.25, -0.2) is 8.42 Å². The molecule has 0 saturated heterocycles. The molecule has 0 aliphatic rings. The number of anilines is 1. The van der Waals surface area contributed by atoms with Gasteiger partial charge in [-0.05, 0) is 36.2 Å². The van der Waals surface area contributed by atoms with Crippen molar-refractivity contribution in [1.29, 1.82) is 0 Å². The van der Waals surface area contributed by atoms with Crippen molar-refractivity contribution in [1.82, 2.24) is 4.31 Å². The summed E-state index contributed by atoms with van der Waals surface area (Å²) >= 11 is 0. The summed E-state index contributed by atoms with van der Waals surface area (Å²) in [5, 5.41) is 0. The molecule has 2 N–H and O–H groups in total. The molecule has 5 nitrogen and oxygen atoms in total. The van der Waals surface area contributed by atoms with Crippen molar-refractivity contribution >= 4 is 15.7 Å². The first-order valence-corrected chi connectivity index (χ1v) is 9.40. The summed E-state index contributed by atoms with van der Waals surface area (Å²) in [5.41, 5.74) is 7.69. The predicted molar refractivity (Wildman–Crippen MR) is 98.7 cm³/mol. The molecule has 0 radical (unpaired) electrons. The monoisotopic (exact) mass is 347 g/mol. The van der Waals surface area contributed by atoms with Crippen LogP contribution in [0.1, 0.15) is 5.56 Å². The zero-order valence-corrected chi connectivity index (χ0v) is 15.0. The topological polar surface area (TPSA) is 66.6 Å². The SMILES string of the molecule is CN(C)c1ccc(S(=O)(=O)N(CCN)CCc2ccccc2)cc1. The molecule has 0 atom stereocenters. The molecular formula is C18H25N3O2S. The predicted octanol–water partition coefficient (Wildman–Crippen LogP) is 1.94. The van der Waals surface area contributed by atoms with Gasteiger partial charge in [0.05, 0.1) is 4.90 Å². The standard InChI is InChI=1S/C18H25N3O2S/c1-20(2)17-8-10-18(11-9-17)24(22,23)21(15-13-19)14-12-16-6-4-3-5-7-16/h3-11H,12-15,19H2,1-2H3. The summed E-state index contributed by atoms with van der Waals surface area (Å²) in [6, 6.07) is 16.8. The van der Waals surface area contributed by atoms with Crippen LogP contribution in [0.5, 0.6) is 0 Å². The zero-order valence-electron chi connectivity index (χ0n) is 14.2. The molecule has 130 valence electrons. The molecular weight excluding hydrogens is 322 g/mol. The summed E-state index contributed by atoms with van der Waals surface area (Å²) in [6.45, 7) is 1.02. The van der Waals surface area contributed by atoms with E-state index >= 15 is 0 Å². The van der Waals surface area contributed by atoms with Crippen molar-refractivity contribution in [3.8, 4) is 0 Å². The number of hydrogen-bond acceptors (Lipinski definition) is 4. The summed E-state index contributed by atoms with van der Waals surface area (Å²) in [6.07, 6.45) is 0.663. The Morgan fingerprint density at radius 3 is 2.08 bits per heavy atom. The second-order valence-corrected chi connectivity index (χ2v) is 7.75. The van der Waals surface area contributed by atoms with Crippen LogP contribution in [0.15, 0.2) is 59.5 Å². The minimum absolute atomic E-state index is 0.295. The van der Waals surface area contributed by atoms with Crippen molar-refractivity contribution in [2.45, 2.75) is 11.3 Å². The summed E-state index contributed by atoms with van der Waals surface area (Å²) in [7, 11) is 0.300.